The van der Waals surface area contributed by atoms with Crippen molar-refractivity contribution in [2.45, 2.75) is 45.2 Å². The molecule has 0 N–H and O–H groups in total. The molecule has 0 heterocycles. The Bertz CT molecular complexity index is 1060. The molecule has 0 bridgehead atoms. The fourth-order valence-corrected chi connectivity index (χ4v) is 11.8. The molecule has 0 radical (unpaired) electrons. The van der Waals surface area contributed by atoms with Gasteiger partial charge in [-0.15, -0.1) is 0 Å². The third-order valence-corrected chi connectivity index (χ3v) is 12.2. The zero-order valence-corrected chi connectivity index (χ0v) is 24.1. The molecular formula is C27H38O6Si2. The fraction of sp³-hybridized carbons (Fsp3) is 0.370. The molecule has 0 aliphatic heterocycles. The number of methoxy groups -OCH3 is 3. The highest BCUT2D eigenvalue weighted by Crippen LogP contribution is 2.29. The molecular weight excluding hydrogens is 476 g/mol. The molecule has 6 nitrogen and oxygen atoms in total. The summed E-state index contributed by atoms with van der Waals surface area (Å²) in [5.74, 6) is 1.69. The van der Waals surface area contributed by atoms with E-state index in [1.54, 1.807) is 13.2 Å². The summed E-state index contributed by atoms with van der Waals surface area (Å²) in [5, 5.41) is 0. The molecule has 0 amide bonds. The Morgan fingerprint density at radius 1 is 0.771 bits per heavy atom. The minimum absolute atomic E-state index is 0.319. The Labute approximate surface area is 211 Å². The highest BCUT2D eigenvalue weighted by molar-refractivity contribution is 6.85. The van der Waals surface area contributed by atoms with Crippen molar-refractivity contribution in [1.29, 1.82) is 0 Å². The van der Waals surface area contributed by atoms with Crippen LogP contribution >= 0.6 is 0 Å². The highest BCUT2D eigenvalue weighted by atomic mass is 28.4. The maximum Gasteiger partial charge on any atom is 0.513 e. The summed E-state index contributed by atoms with van der Waals surface area (Å²) in [6.07, 6.45) is 7.79. The second-order valence-electron chi connectivity index (χ2n) is 9.53. The Hall–Kier alpha value is -2.82. The molecule has 0 spiro atoms. The van der Waals surface area contributed by atoms with Crippen molar-refractivity contribution in [3.8, 4) is 17.2 Å². The van der Waals surface area contributed by atoms with Gasteiger partial charge in [-0.05, 0) is 80.1 Å². The Kier molecular flexibility index (Phi) is 10.4. The second-order valence-corrected chi connectivity index (χ2v) is 18.2. The van der Waals surface area contributed by atoms with Gasteiger partial charge in [0.25, 0.3) is 0 Å². The molecule has 0 fully saturated rings. The number of carbonyl (C=O) groups is 1. The van der Waals surface area contributed by atoms with Crippen LogP contribution in [0.1, 0.15) is 16.7 Å². The van der Waals surface area contributed by atoms with Gasteiger partial charge in [-0.2, -0.15) is 0 Å². The van der Waals surface area contributed by atoms with Crippen LogP contribution in [0.4, 0.5) is 4.79 Å². The van der Waals surface area contributed by atoms with Gasteiger partial charge in [0.05, 0.1) is 21.3 Å². The number of allylic oxidation sites excluding steroid dienone is 2. The van der Waals surface area contributed by atoms with Gasteiger partial charge in [0.15, 0.2) is 28.1 Å². The fourth-order valence-electron chi connectivity index (χ4n) is 3.73. The highest BCUT2D eigenvalue weighted by Gasteiger charge is 2.31. The van der Waals surface area contributed by atoms with Crippen LogP contribution in [0.5, 0.6) is 17.2 Å². The molecule has 0 aliphatic carbocycles. The molecule has 0 saturated heterocycles. The van der Waals surface area contributed by atoms with E-state index in [0.29, 0.717) is 11.5 Å². The van der Waals surface area contributed by atoms with Crippen molar-refractivity contribution in [3.63, 3.8) is 0 Å². The van der Waals surface area contributed by atoms with Gasteiger partial charge in [-0.25, -0.2) is 4.79 Å². The first kappa shape index (κ1) is 28.4. The average Bonchev–Trinajstić information content (AvgIpc) is 2.79. The first-order chi connectivity index (χ1) is 16.5. The van der Waals surface area contributed by atoms with E-state index >= 15 is 0 Å². The van der Waals surface area contributed by atoms with Crippen LogP contribution in [-0.4, -0.2) is 44.1 Å². The summed E-state index contributed by atoms with van der Waals surface area (Å²) in [7, 11) is 0.734. The van der Waals surface area contributed by atoms with E-state index in [1.807, 2.05) is 25.1 Å². The summed E-state index contributed by atoms with van der Waals surface area (Å²) in [4.78, 5) is 11.4. The normalized spacial score (nSPS) is 12.2. The number of hydrogen-bond donors (Lipinski definition) is 0. The predicted molar refractivity (Wildman–Crippen MR) is 147 cm³/mol. The quantitative estimate of drug-likeness (QED) is 0.178. The van der Waals surface area contributed by atoms with Crippen LogP contribution in [0.2, 0.25) is 38.3 Å². The molecule has 2 aromatic carbocycles. The molecule has 0 aliphatic rings. The Morgan fingerprint density at radius 3 is 1.80 bits per heavy atom. The molecule has 0 saturated carbocycles. The maximum absolute atomic E-state index is 11.4. The smallest absolute Gasteiger partial charge is 0.496 e. The standard InChI is InChI=1S/C27H38O6Si2/c1-21-13-14-22(19-25(21)29-2)11-9-17-34(5,6)33-35(7,8)18-10-12-23-15-16-24(26(20-23)30-3)32-27(28)31-4/h9-16,19-20H,17-18H2,1-8H3/b11-9-,12-10-. The van der Waals surface area contributed by atoms with Gasteiger partial charge in [-0.3, -0.25) is 0 Å². The maximum atomic E-state index is 11.4. The summed E-state index contributed by atoms with van der Waals surface area (Å²) < 4.78 is 27.1. The molecule has 0 atom stereocenters. The molecule has 2 aromatic rings. The molecule has 0 aromatic heterocycles. The third kappa shape index (κ3) is 9.39. The molecule has 190 valence electrons. The van der Waals surface area contributed by atoms with Gasteiger partial charge in [0.2, 0.25) is 0 Å². The van der Waals surface area contributed by atoms with Crippen molar-refractivity contribution in [2.75, 3.05) is 21.3 Å². The lowest BCUT2D eigenvalue weighted by Crippen LogP contribution is -2.43. The zero-order chi connectivity index (χ0) is 26.1. The first-order valence-corrected chi connectivity index (χ1v) is 17.8. The molecule has 0 unspecified atom stereocenters. The predicted octanol–water partition coefficient (Wildman–Crippen LogP) is 7.31. The summed E-state index contributed by atoms with van der Waals surface area (Å²) in [6, 6.07) is 13.5. The largest absolute Gasteiger partial charge is 0.513 e. The number of ether oxygens (including phenoxy) is 4. The number of carbonyl (C=O) groups excluding carboxylic acids is 1. The van der Waals surface area contributed by atoms with Crippen LogP contribution in [0.3, 0.4) is 0 Å². The topological polar surface area (TPSA) is 63.2 Å². The lowest BCUT2D eigenvalue weighted by Gasteiger charge is -2.32. The first-order valence-electron chi connectivity index (χ1n) is 11.6. The minimum atomic E-state index is -1.90. The number of rotatable bonds is 11. The molecule has 2 rings (SSSR count). The summed E-state index contributed by atoms with van der Waals surface area (Å²) in [6.45, 7) is 11.1. The number of aryl methyl sites for hydroxylation is 1. The van der Waals surface area contributed by atoms with Gasteiger partial charge in [-0.1, -0.05) is 42.5 Å². The zero-order valence-electron chi connectivity index (χ0n) is 22.1. The van der Waals surface area contributed by atoms with Gasteiger partial charge < -0.3 is 23.1 Å². The van der Waals surface area contributed by atoms with Gasteiger partial charge in [0.1, 0.15) is 5.75 Å². The summed E-state index contributed by atoms with van der Waals surface area (Å²) >= 11 is 0. The van der Waals surface area contributed by atoms with E-state index in [2.05, 4.69) is 67.4 Å². The average molecular weight is 515 g/mol. The van der Waals surface area contributed by atoms with E-state index < -0.39 is 22.8 Å². The number of hydrogen-bond acceptors (Lipinski definition) is 6. The van der Waals surface area contributed by atoms with Crippen LogP contribution in [0, 0.1) is 6.92 Å². The lowest BCUT2D eigenvalue weighted by atomic mass is 10.1. The minimum Gasteiger partial charge on any atom is -0.496 e. The van der Waals surface area contributed by atoms with E-state index in [4.69, 9.17) is 18.3 Å². The second kappa shape index (κ2) is 12.8. The monoisotopic (exact) mass is 514 g/mol. The molecule has 35 heavy (non-hydrogen) atoms. The Morgan fingerprint density at radius 2 is 1.29 bits per heavy atom. The van der Waals surface area contributed by atoms with E-state index in [9.17, 15) is 4.79 Å². The van der Waals surface area contributed by atoms with Crippen LogP contribution in [0.25, 0.3) is 12.2 Å². The van der Waals surface area contributed by atoms with Crippen LogP contribution < -0.4 is 14.2 Å². The number of benzene rings is 2. The molecule has 8 heteroatoms. The van der Waals surface area contributed by atoms with Gasteiger partial charge >= 0.3 is 6.16 Å². The third-order valence-electron chi connectivity index (χ3n) is 5.37. The van der Waals surface area contributed by atoms with Crippen molar-refractivity contribution in [3.05, 3.63) is 65.2 Å². The van der Waals surface area contributed by atoms with Crippen LogP contribution in [0.15, 0.2) is 48.6 Å². The van der Waals surface area contributed by atoms with Crippen molar-refractivity contribution in [1.82, 2.24) is 0 Å². The lowest BCUT2D eigenvalue weighted by molar-refractivity contribution is 0.120. The Balaban J connectivity index is 1.96. The van der Waals surface area contributed by atoms with E-state index in [1.165, 1.54) is 14.2 Å². The van der Waals surface area contributed by atoms with Crippen molar-refractivity contribution in [2.24, 2.45) is 0 Å². The van der Waals surface area contributed by atoms with Crippen molar-refractivity contribution >= 4 is 34.9 Å². The van der Waals surface area contributed by atoms with Gasteiger partial charge in [0, 0.05) is 0 Å². The van der Waals surface area contributed by atoms with E-state index in [-0.39, 0.29) is 0 Å². The van der Waals surface area contributed by atoms with Crippen LogP contribution in [-0.2, 0) is 8.85 Å². The summed E-state index contributed by atoms with van der Waals surface area (Å²) in [5.41, 5.74) is 3.22. The van der Waals surface area contributed by atoms with E-state index in [0.717, 1.165) is 34.5 Å². The van der Waals surface area contributed by atoms with Crippen molar-refractivity contribution < 1.29 is 27.9 Å². The SMILES string of the molecule is COC(=O)Oc1ccc(/C=C\C[Si](C)(C)O[Si](C)(C)C/C=C\c2ccc(C)c(OC)c2)cc1OC.